The van der Waals surface area contributed by atoms with Crippen LogP contribution in [-0.4, -0.2) is 11.5 Å². The Labute approximate surface area is 86.0 Å². The van der Waals surface area contributed by atoms with E-state index in [0.29, 0.717) is 5.56 Å². The Hall–Kier alpha value is -0.830. The van der Waals surface area contributed by atoms with Crippen LogP contribution in [0.1, 0.15) is 22.8 Å². The average Bonchev–Trinajstić information content (AvgIpc) is 2.18. The van der Waals surface area contributed by atoms with Crippen molar-refractivity contribution in [2.75, 3.05) is 5.52 Å². The van der Waals surface area contributed by atoms with Crippen molar-refractivity contribution in [3.8, 4) is 0 Å². The molecule has 1 rings (SSSR count). The standard InChI is InChI=1S/C10H11BrO2/c1-2-8-5-3-4-6-9(8)10(12)13-7-11/h3-6H,2,7H2,1H3. The van der Waals surface area contributed by atoms with Gasteiger partial charge in [0.2, 0.25) is 0 Å². The van der Waals surface area contributed by atoms with Crippen molar-refractivity contribution >= 4 is 21.9 Å². The number of carbonyl (C=O) groups excluding carboxylic acids is 1. The van der Waals surface area contributed by atoms with Crippen LogP contribution < -0.4 is 0 Å². The molecule has 2 nitrogen and oxygen atoms in total. The van der Waals surface area contributed by atoms with Crippen molar-refractivity contribution in [1.29, 1.82) is 0 Å². The molecule has 0 aliphatic rings. The first-order valence-electron chi connectivity index (χ1n) is 4.10. The number of carbonyl (C=O) groups is 1. The molecule has 0 N–H and O–H groups in total. The van der Waals surface area contributed by atoms with E-state index in [0.717, 1.165) is 12.0 Å². The molecule has 70 valence electrons. The van der Waals surface area contributed by atoms with E-state index in [1.165, 1.54) is 0 Å². The lowest BCUT2D eigenvalue weighted by atomic mass is 10.1. The number of benzene rings is 1. The Morgan fingerprint density at radius 2 is 2.15 bits per heavy atom. The first-order valence-corrected chi connectivity index (χ1v) is 5.22. The molecule has 0 heterocycles. The number of aryl methyl sites for hydroxylation is 1. The maximum Gasteiger partial charge on any atom is 0.339 e. The van der Waals surface area contributed by atoms with E-state index in [-0.39, 0.29) is 11.5 Å². The minimum atomic E-state index is -0.269. The summed E-state index contributed by atoms with van der Waals surface area (Å²) in [5, 5.41) is 0. The monoisotopic (exact) mass is 242 g/mol. The zero-order valence-corrected chi connectivity index (χ0v) is 9.00. The van der Waals surface area contributed by atoms with Crippen LogP contribution in [0.4, 0.5) is 0 Å². The SMILES string of the molecule is CCc1ccccc1C(=O)OCBr. The molecule has 0 unspecified atom stereocenters. The highest BCUT2D eigenvalue weighted by molar-refractivity contribution is 9.09. The van der Waals surface area contributed by atoms with Crippen molar-refractivity contribution in [3.05, 3.63) is 35.4 Å². The summed E-state index contributed by atoms with van der Waals surface area (Å²) in [5.74, 6) is -0.269. The Balaban J connectivity index is 2.92. The predicted octanol–water partition coefficient (Wildman–Crippen LogP) is 2.76. The van der Waals surface area contributed by atoms with E-state index >= 15 is 0 Å². The fourth-order valence-corrected chi connectivity index (χ4v) is 1.36. The lowest BCUT2D eigenvalue weighted by Crippen LogP contribution is -2.06. The van der Waals surface area contributed by atoms with Gasteiger partial charge in [0.15, 0.2) is 0 Å². The van der Waals surface area contributed by atoms with Gasteiger partial charge in [-0.05, 0) is 34.0 Å². The largest absolute Gasteiger partial charge is 0.450 e. The molecule has 0 bridgehead atoms. The minimum Gasteiger partial charge on any atom is -0.450 e. The lowest BCUT2D eigenvalue weighted by Gasteiger charge is -2.05. The fraction of sp³-hybridized carbons (Fsp3) is 0.300. The van der Waals surface area contributed by atoms with Gasteiger partial charge in [-0.1, -0.05) is 25.1 Å². The van der Waals surface area contributed by atoms with E-state index in [2.05, 4.69) is 15.9 Å². The highest BCUT2D eigenvalue weighted by atomic mass is 79.9. The second kappa shape index (κ2) is 5.02. The van der Waals surface area contributed by atoms with Gasteiger partial charge in [-0.15, -0.1) is 0 Å². The van der Waals surface area contributed by atoms with E-state index in [1.807, 2.05) is 25.1 Å². The Kier molecular flexibility index (Phi) is 3.96. The summed E-state index contributed by atoms with van der Waals surface area (Å²) < 4.78 is 4.85. The molecule has 0 aliphatic heterocycles. The molecule has 0 aromatic heterocycles. The van der Waals surface area contributed by atoms with Gasteiger partial charge in [0.25, 0.3) is 0 Å². The van der Waals surface area contributed by atoms with Crippen molar-refractivity contribution < 1.29 is 9.53 Å². The Bertz CT molecular complexity index is 297. The molecule has 1 aromatic rings. The quantitative estimate of drug-likeness (QED) is 0.602. The van der Waals surface area contributed by atoms with Crippen molar-refractivity contribution in [1.82, 2.24) is 0 Å². The fourth-order valence-electron chi connectivity index (χ4n) is 1.16. The number of rotatable bonds is 3. The molecule has 1 aromatic carbocycles. The van der Waals surface area contributed by atoms with Gasteiger partial charge in [0.1, 0.15) is 5.52 Å². The number of hydrogen-bond acceptors (Lipinski definition) is 2. The summed E-state index contributed by atoms with van der Waals surface area (Å²) in [6.07, 6.45) is 0.841. The lowest BCUT2D eigenvalue weighted by molar-refractivity contribution is 0.0583. The van der Waals surface area contributed by atoms with Crippen LogP contribution in [0.15, 0.2) is 24.3 Å². The minimum absolute atomic E-state index is 0.240. The molecule has 13 heavy (non-hydrogen) atoms. The van der Waals surface area contributed by atoms with Crippen LogP contribution in [0.25, 0.3) is 0 Å². The van der Waals surface area contributed by atoms with E-state index in [9.17, 15) is 4.79 Å². The second-order valence-corrected chi connectivity index (χ2v) is 3.01. The van der Waals surface area contributed by atoms with Gasteiger partial charge < -0.3 is 4.74 Å². The summed E-state index contributed by atoms with van der Waals surface area (Å²) in [7, 11) is 0. The highest BCUT2D eigenvalue weighted by Gasteiger charge is 2.09. The van der Waals surface area contributed by atoms with Gasteiger partial charge in [0, 0.05) is 0 Å². The van der Waals surface area contributed by atoms with E-state index in [1.54, 1.807) is 6.07 Å². The van der Waals surface area contributed by atoms with Crippen LogP contribution in [0, 0.1) is 0 Å². The van der Waals surface area contributed by atoms with Crippen LogP contribution in [0.5, 0.6) is 0 Å². The third-order valence-electron chi connectivity index (χ3n) is 1.80. The Morgan fingerprint density at radius 3 is 2.77 bits per heavy atom. The number of halogens is 1. The molecule has 0 atom stereocenters. The molecule has 0 amide bonds. The third kappa shape index (κ3) is 2.56. The van der Waals surface area contributed by atoms with Gasteiger partial charge in [-0.2, -0.15) is 0 Å². The van der Waals surface area contributed by atoms with Crippen LogP contribution >= 0.6 is 15.9 Å². The number of esters is 1. The van der Waals surface area contributed by atoms with Gasteiger partial charge >= 0.3 is 5.97 Å². The molecule has 0 saturated heterocycles. The van der Waals surface area contributed by atoms with Crippen LogP contribution in [0.2, 0.25) is 0 Å². The molecule has 0 radical (unpaired) electrons. The smallest absolute Gasteiger partial charge is 0.339 e. The molecular weight excluding hydrogens is 232 g/mol. The number of alkyl halides is 1. The zero-order chi connectivity index (χ0) is 9.68. The zero-order valence-electron chi connectivity index (χ0n) is 7.42. The third-order valence-corrected chi connectivity index (χ3v) is 2.03. The Morgan fingerprint density at radius 1 is 1.46 bits per heavy atom. The summed E-state index contributed by atoms with van der Waals surface area (Å²) in [6.45, 7) is 2.01. The summed E-state index contributed by atoms with van der Waals surface area (Å²) >= 11 is 3.05. The molecule has 0 spiro atoms. The topological polar surface area (TPSA) is 26.3 Å². The van der Waals surface area contributed by atoms with Gasteiger partial charge in [-0.3, -0.25) is 0 Å². The van der Waals surface area contributed by atoms with E-state index in [4.69, 9.17) is 4.74 Å². The first-order chi connectivity index (χ1) is 6.29. The normalized spacial score (nSPS) is 9.69. The highest BCUT2D eigenvalue weighted by Crippen LogP contribution is 2.10. The number of ether oxygens (including phenoxy) is 1. The molecule has 3 heteroatoms. The second-order valence-electron chi connectivity index (χ2n) is 2.55. The number of hydrogen-bond donors (Lipinski definition) is 0. The maximum absolute atomic E-state index is 11.4. The van der Waals surface area contributed by atoms with Gasteiger partial charge in [-0.25, -0.2) is 4.79 Å². The summed E-state index contributed by atoms with van der Waals surface area (Å²) in [6, 6.07) is 7.47. The van der Waals surface area contributed by atoms with Crippen molar-refractivity contribution in [2.24, 2.45) is 0 Å². The molecule has 0 aliphatic carbocycles. The van der Waals surface area contributed by atoms with Crippen molar-refractivity contribution in [3.63, 3.8) is 0 Å². The van der Waals surface area contributed by atoms with E-state index < -0.39 is 0 Å². The summed E-state index contributed by atoms with van der Waals surface area (Å²) in [5.41, 5.74) is 1.92. The summed E-state index contributed by atoms with van der Waals surface area (Å²) in [4.78, 5) is 11.4. The molecule has 0 saturated carbocycles. The predicted molar refractivity (Wildman–Crippen MR) is 55.0 cm³/mol. The van der Waals surface area contributed by atoms with Crippen molar-refractivity contribution in [2.45, 2.75) is 13.3 Å². The van der Waals surface area contributed by atoms with Crippen LogP contribution in [-0.2, 0) is 11.2 Å². The molecular formula is C10H11BrO2. The van der Waals surface area contributed by atoms with Gasteiger partial charge in [0.05, 0.1) is 5.56 Å². The first kappa shape index (κ1) is 10.3. The molecule has 0 fully saturated rings. The average molecular weight is 243 g/mol. The maximum atomic E-state index is 11.4. The van der Waals surface area contributed by atoms with Crippen LogP contribution in [0.3, 0.4) is 0 Å².